The quantitative estimate of drug-likeness (QED) is 0.611. The van der Waals surface area contributed by atoms with Crippen LogP contribution in [-0.4, -0.2) is 7.38 Å². The number of halogens is 1. The van der Waals surface area contributed by atoms with Crippen molar-refractivity contribution in [3.63, 3.8) is 0 Å². The van der Waals surface area contributed by atoms with Crippen LogP contribution in [0.25, 0.3) is 10.1 Å². The topological polar surface area (TPSA) is 22.0 Å². The van der Waals surface area contributed by atoms with Gasteiger partial charge in [0.05, 0.1) is 16.6 Å². The van der Waals surface area contributed by atoms with Crippen LogP contribution in [0.5, 0.6) is 0 Å². The molecule has 0 N–H and O–H groups in total. The molecule has 0 aliphatic heterocycles. The van der Waals surface area contributed by atoms with E-state index in [0.29, 0.717) is 0 Å². The third-order valence-electron chi connectivity index (χ3n) is 2.07. The van der Waals surface area contributed by atoms with Gasteiger partial charge in [0.1, 0.15) is 0 Å². The fraction of sp³-hybridized carbons (Fsp3) is 0.364. The van der Waals surface area contributed by atoms with Crippen molar-refractivity contribution >= 4 is 44.2 Å². The first-order valence-corrected chi connectivity index (χ1v) is 6.60. The first-order chi connectivity index (χ1) is 6.97. The van der Waals surface area contributed by atoms with Crippen LogP contribution >= 0.6 is 34.1 Å². The molecule has 0 aliphatic rings. The summed E-state index contributed by atoms with van der Waals surface area (Å²) >= 11 is 3.92. The van der Waals surface area contributed by atoms with Crippen molar-refractivity contribution in [3.05, 3.63) is 34.6 Å². The van der Waals surface area contributed by atoms with Crippen molar-refractivity contribution in [2.45, 2.75) is 23.8 Å². The maximum absolute atomic E-state index is 12.0. The predicted octanol–water partition coefficient (Wildman–Crippen LogP) is 3.28. The van der Waals surface area contributed by atoms with E-state index in [1.807, 2.05) is 28.2 Å². The highest BCUT2D eigenvalue weighted by Gasteiger charge is 2.16. The minimum atomic E-state index is 0.114. The third kappa shape index (κ3) is 2.42. The summed E-state index contributed by atoms with van der Waals surface area (Å²) in [7, 11) is 0. The fourth-order valence-corrected chi connectivity index (χ4v) is 3.23. The van der Waals surface area contributed by atoms with Gasteiger partial charge >= 0.3 is 0 Å². The monoisotopic (exact) mass is 333 g/mol. The average Bonchev–Trinajstić information content (AvgIpc) is 2.42. The summed E-state index contributed by atoms with van der Waals surface area (Å²) in [6, 6.07) is 7.77. The molecule has 2 rings (SSSR count). The highest BCUT2D eigenvalue weighted by atomic mass is 127. The molecule has 0 saturated carbocycles. The van der Waals surface area contributed by atoms with Crippen molar-refractivity contribution in [2.75, 3.05) is 0 Å². The van der Waals surface area contributed by atoms with Crippen LogP contribution < -0.4 is 5.56 Å². The third-order valence-corrected chi connectivity index (χ3v) is 3.48. The SMILES string of the molecule is CC(C)(I)Cn1sc2ccccc2c1=O. The molecule has 1 heterocycles. The Labute approximate surface area is 106 Å². The highest BCUT2D eigenvalue weighted by Crippen LogP contribution is 2.22. The molecule has 0 saturated heterocycles. The van der Waals surface area contributed by atoms with Crippen molar-refractivity contribution in [3.8, 4) is 0 Å². The number of hydrogen-bond acceptors (Lipinski definition) is 2. The molecular weight excluding hydrogens is 321 g/mol. The van der Waals surface area contributed by atoms with Gasteiger partial charge in [-0.25, -0.2) is 0 Å². The highest BCUT2D eigenvalue weighted by molar-refractivity contribution is 14.1. The van der Waals surface area contributed by atoms with Gasteiger partial charge in [0.15, 0.2) is 0 Å². The molecule has 0 atom stereocenters. The lowest BCUT2D eigenvalue weighted by Gasteiger charge is -2.14. The number of hydrogen-bond donors (Lipinski definition) is 0. The maximum Gasteiger partial charge on any atom is 0.268 e. The lowest BCUT2D eigenvalue weighted by Crippen LogP contribution is -2.24. The molecule has 0 unspecified atom stereocenters. The molecule has 2 aromatic rings. The van der Waals surface area contributed by atoms with Gasteiger partial charge in [-0.05, 0) is 26.0 Å². The first-order valence-electron chi connectivity index (χ1n) is 4.75. The van der Waals surface area contributed by atoms with Crippen molar-refractivity contribution in [2.24, 2.45) is 0 Å². The molecule has 1 aromatic heterocycles. The van der Waals surface area contributed by atoms with E-state index in [-0.39, 0.29) is 8.98 Å². The molecule has 0 spiro atoms. The van der Waals surface area contributed by atoms with Gasteiger partial charge in [0, 0.05) is 3.42 Å². The molecule has 0 bridgehead atoms. The second-order valence-electron chi connectivity index (χ2n) is 4.15. The van der Waals surface area contributed by atoms with E-state index in [1.54, 1.807) is 11.5 Å². The van der Waals surface area contributed by atoms with E-state index in [4.69, 9.17) is 0 Å². The first kappa shape index (κ1) is 11.1. The summed E-state index contributed by atoms with van der Waals surface area (Å²) in [6.07, 6.45) is 0. The average molecular weight is 333 g/mol. The van der Waals surface area contributed by atoms with Gasteiger partial charge in [-0.1, -0.05) is 46.3 Å². The van der Waals surface area contributed by atoms with Gasteiger partial charge in [-0.15, -0.1) is 0 Å². The molecule has 0 fully saturated rings. The predicted molar refractivity (Wildman–Crippen MR) is 74.2 cm³/mol. The summed E-state index contributed by atoms with van der Waals surface area (Å²) in [5, 5.41) is 0.836. The van der Waals surface area contributed by atoms with Gasteiger partial charge in [0.25, 0.3) is 5.56 Å². The van der Waals surface area contributed by atoms with Gasteiger partial charge < -0.3 is 0 Å². The number of alkyl halides is 1. The van der Waals surface area contributed by atoms with E-state index in [9.17, 15) is 4.79 Å². The van der Waals surface area contributed by atoms with E-state index < -0.39 is 0 Å². The van der Waals surface area contributed by atoms with Crippen LogP contribution in [0.15, 0.2) is 29.1 Å². The zero-order valence-corrected chi connectivity index (χ0v) is 11.6. The van der Waals surface area contributed by atoms with Crippen LogP contribution in [0, 0.1) is 0 Å². The van der Waals surface area contributed by atoms with Crippen LogP contribution in [0.2, 0.25) is 0 Å². The second kappa shape index (κ2) is 3.90. The fourth-order valence-electron chi connectivity index (χ4n) is 1.46. The van der Waals surface area contributed by atoms with Crippen LogP contribution in [0.3, 0.4) is 0 Å². The van der Waals surface area contributed by atoms with E-state index in [1.165, 1.54) is 0 Å². The van der Waals surface area contributed by atoms with E-state index in [2.05, 4.69) is 36.4 Å². The molecule has 2 nitrogen and oxygen atoms in total. The molecule has 1 aromatic carbocycles. The Hall–Kier alpha value is -0.360. The molecule has 15 heavy (non-hydrogen) atoms. The Morgan fingerprint density at radius 1 is 1.40 bits per heavy atom. The molecule has 0 amide bonds. The Balaban J connectivity index is 2.54. The normalized spacial score (nSPS) is 12.2. The largest absolute Gasteiger partial charge is 0.268 e. The summed E-state index contributed by atoms with van der Waals surface area (Å²) in [4.78, 5) is 12.0. The molecule has 0 radical (unpaired) electrons. The summed E-state index contributed by atoms with van der Waals surface area (Å²) in [5.74, 6) is 0. The minimum absolute atomic E-state index is 0.114. The van der Waals surface area contributed by atoms with Crippen LogP contribution in [-0.2, 0) is 6.54 Å². The van der Waals surface area contributed by atoms with Gasteiger partial charge in [-0.3, -0.25) is 8.75 Å². The number of benzene rings is 1. The molecule has 4 heteroatoms. The number of rotatable bonds is 2. The van der Waals surface area contributed by atoms with Gasteiger partial charge in [0.2, 0.25) is 0 Å². The zero-order chi connectivity index (χ0) is 11.1. The molecular formula is C11H12INOS. The van der Waals surface area contributed by atoms with E-state index in [0.717, 1.165) is 16.6 Å². The number of fused-ring (bicyclic) bond motifs is 1. The van der Waals surface area contributed by atoms with E-state index >= 15 is 0 Å². The Morgan fingerprint density at radius 2 is 2.07 bits per heavy atom. The maximum atomic E-state index is 12.0. The zero-order valence-electron chi connectivity index (χ0n) is 8.66. The lowest BCUT2D eigenvalue weighted by molar-refractivity contribution is 0.615. The van der Waals surface area contributed by atoms with Crippen molar-refractivity contribution < 1.29 is 0 Å². The lowest BCUT2D eigenvalue weighted by atomic mass is 10.2. The Morgan fingerprint density at radius 3 is 2.67 bits per heavy atom. The summed E-state index contributed by atoms with van der Waals surface area (Å²) in [6.45, 7) is 5.03. The van der Waals surface area contributed by atoms with Crippen molar-refractivity contribution in [1.29, 1.82) is 0 Å². The van der Waals surface area contributed by atoms with Crippen LogP contribution in [0.4, 0.5) is 0 Å². The minimum Gasteiger partial charge on any atom is -0.268 e. The van der Waals surface area contributed by atoms with Gasteiger partial charge in [-0.2, -0.15) is 0 Å². The van der Waals surface area contributed by atoms with Crippen molar-refractivity contribution in [1.82, 2.24) is 3.96 Å². The number of nitrogens with zero attached hydrogens (tertiary/aromatic N) is 1. The molecule has 0 aliphatic carbocycles. The second-order valence-corrected chi connectivity index (χ2v) is 8.13. The summed E-state index contributed by atoms with van der Waals surface area (Å²) < 4.78 is 3.03. The van der Waals surface area contributed by atoms with Crippen LogP contribution in [0.1, 0.15) is 13.8 Å². The smallest absolute Gasteiger partial charge is 0.268 e. The summed E-state index contributed by atoms with van der Waals surface area (Å²) in [5.41, 5.74) is 0.139. The Bertz CT molecular complexity index is 535. The number of aromatic nitrogens is 1. The standard InChI is InChI=1S/C11H12INOS/c1-11(2,12)7-13-10(14)8-5-3-4-6-9(8)15-13/h3-6H,7H2,1-2H3. The Kier molecular flexibility index (Phi) is 2.89. The molecule has 80 valence electrons.